The van der Waals surface area contributed by atoms with E-state index in [2.05, 4.69) is 113 Å². The number of likely N-dealkylation sites (tertiary alicyclic amines) is 1. The largest absolute Gasteiger partial charge is 0.505 e. The standard InChI is InChI=1S/C39H34N4O2S/c1-42-24-22-28(23-25-42)38(44)40-37-35-27-30(29-12-11-19-34(26-29)46-45)20-21-36(35)43(41-37)39(31-13-5-2-6-14-31,32-15-7-3-8-16-32)33-17-9-4-10-18-33/h2-21,26-28H,22-25H2,1H3/p+1. The van der Waals surface area contributed by atoms with Crippen LogP contribution in [-0.4, -0.2) is 40.7 Å². The summed E-state index contributed by atoms with van der Waals surface area (Å²) in [5.41, 5.74) is 5.07. The predicted octanol–water partition coefficient (Wildman–Crippen LogP) is 7.61. The minimum absolute atomic E-state index is 0.000427. The normalized spacial score (nSPS) is 14.3. The number of nitrogens with zero attached hydrogens (tertiary/aromatic N) is 3. The van der Waals surface area contributed by atoms with Crippen molar-refractivity contribution < 1.29 is 9.00 Å². The maximum atomic E-state index is 13.8. The summed E-state index contributed by atoms with van der Waals surface area (Å²) in [4.78, 5) is 16.7. The average Bonchev–Trinajstić information content (AvgIpc) is 3.47. The molecule has 2 heterocycles. The minimum Gasteiger partial charge on any atom is -0.308 e. The summed E-state index contributed by atoms with van der Waals surface area (Å²) in [5.74, 6) is 0.453. The molecular formula is C39H35N4O2S+. The lowest BCUT2D eigenvalue weighted by Crippen LogP contribution is -2.39. The molecule has 1 N–H and O–H groups in total. The maximum Gasteiger partial charge on any atom is 0.505 e. The number of anilines is 1. The van der Waals surface area contributed by atoms with Gasteiger partial charge < -0.3 is 10.2 Å². The van der Waals surface area contributed by atoms with Crippen LogP contribution in [0.15, 0.2) is 138 Å². The quantitative estimate of drug-likeness (QED) is 0.140. The molecule has 0 bridgehead atoms. The van der Waals surface area contributed by atoms with Crippen molar-refractivity contribution >= 4 is 34.3 Å². The third kappa shape index (κ3) is 5.42. The van der Waals surface area contributed by atoms with E-state index >= 15 is 0 Å². The van der Waals surface area contributed by atoms with Crippen LogP contribution >= 0.6 is 0 Å². The first-order chi connectivity index (χ1) is 22.6. The molecule has 46 heavy (non-hydrogen) atoms. The van der Waals surface area contributed by atoms with E-state index in [1.807, 2.05) is 42.5 Å². The molecule has 0 saturated carbocycles. The monoisotopic (exact) mass is 623 g/mol. The molecule has 0 atom stereocenters. The van der Waals surface area contributed by atoms with Gasteiger partial charge in [-0.05, 0) is 72.9 Å². The van der Waals surface area contributed by atoms with Crippen molar-refractivity contribution in [1.82, 2.24) is 14.7 Å². The van der Waals surface area contributed by atoms with Gasteiger partial charge in [-0.2, -0.15) is 5.10 Å². The van der Waals surface area contributed by atoms with Crippen LogP contribution in [0, 0.1) is 5.92 Å². The molecule has 1 amide bonds. The summed E-state index contributed by atoms with van der Waals surface area (Å²) in [5, 5.41) is 9.44. The third-order valence-electron chi connectivity index (χ3n) is 9.17. The van der Waals surface area contributed by atoms with Crippen molar-refractivity contribution in [3.05, 3.63) is 150 Å². The van der Waals surface area contributed by atoms with Crippen molar-refractivity contribution in [2.24, 2.45) is 5.92 Å². The van der Waals surface area contributed by atoms with Crippen molar-refractivity contribution in [2.45, 2.75) is 23.3 Å². The van der Waals surface area contributed by atoms with Gasteiger partial charge in [0.15, 0.2) is 5.82 Å². The van der Waals surface area contributed by atoms with E-state index in [0.717, 1.165) is 64.7 Å². The summed E-state index contributed by atoms with van der Waals surface area (Å²) in [6.45, 7) is 1.79. The Kier molecular flexibility index (Phi) is 8.26. The van der Waals surface area contributed by atoms with Crippen LogP contribution in [0.5, 0.6) is 0 Å². The number of aromatic nitrogens is 2. The van der Waals surface area contributed by atoms with E-state index in [-0.39, 0.29) is 11.8 Å². The molecule has 6 aromatic rings. The molecule has 0 unspecified atom stereocenters. The smallest absolute Gasteiger partial charge is 0.308 e. The highest BCUT2D eigenvalue weighted by molar-refractivity contribution is 7.65. The molecule has 5 aromatic carbocycles. The van der Waals surface area contributed by atoms with Gasteiger partial charge in [-0.25, -0.2) is 4.68 Å². The zero-order chi connectivity index (χ0) is 31.5. The zero-order valence-electron chi connectivity index (χ0n) is 25.7. The second-order valence-corrected chi connectivity index (χ2v) is 12.6. The number of hydrogen-bond acceptors (Lipinski definition) is 4. The first-order valence-corrected chi connectivity index (χ1v) is 16.4. The van der Waals surface area contributed by atoms with E-state index in [1.54, 1.807) is 0 Å². The van der Waals surface area contributed by atoms with Crippen LogP contribution in [0.2, 0.25) is 0 Å². The molecule has 0 radical (unpaired) electrons. The molecule has 1 fully saturated rings. The van der Waals surface area contributed by atoms with E-state index in [4.69, 9.17) is 5.10 Å². The number of rotatable bonds is 8. The van der Waals surface area contributed by atoms with Gasteiger partial charge >= 0.3 is 11.7 Å². The highest BCUT2D eigenvalue weighted by Crippen LogP contribution is 2.44. The SMILES string of the molecule is CN1CCC(C(=O)Nc2nn(C(c3ccccc3)(c3ccccc3)c3ccccc3)c3ccc(-c4cccc([S+]=O)c4)cc23)CC1. The lowest BCUT2D eigenvalue weighted by molar-refractivity contribution is -0.121. The van der Waals surface area contributed by atoms with Gasteiger partial charge in [-0.3, -0.25) is 4.79 Å². The van der Waals surface area contributed by atoms with E-state index in [1.165, 1.54) is 0 Å². The molecule has 6 nitrogen and oxygen atoms in total. The summed E-state index contributed by atoms with van der Waals surface area (Å²) in [7, 11) is 2.10. The topological polar surface area (TPSA) is 67.2 Å². The Balaban J connectivity index is 1.49. The number of piperidine rings is 1. The first-order valence-electron chi connectivity index (χ1n) is 15.7. The fraction of sp³-hybridized carbons (Fsp3) is 0.179. The Labute approximate surface area is 273 Å². The van der Waals surface area contributed by atoms with Gasteiger partial charge in [0.1, 0.15) is 5.54 Å². The second-order valence-electron chi connectivity index (χ2n) is 12.0. The molecule has 7 rings (SSSR count). The lowest BCUT2D eigenvalue weighted by Gasteiger charge is -2.37. The number of fused-ring (bicyclic) bond motifs is 1. The van der Waals surface area contributed by atoms with Crippen LogP contribution in [0.4, 0.5) is 5.82 Å². The van der Waals surface area contributed by atoms with Crippen molar-refractivity contribution in [1.29, 1.82) is 0 Å². The van der Waals surface area contributed by atoms with Gasteiger partial charge in [0.2, 0.25) is 5.91 Å². The predicted molar refractivity (Wildman–Crippen MR) is 185 cm³/mol. The van der Waals surface area contributed by atoms with E-state index in [9.17, 15) is 9.00 Å². The van der Waals surface area contributed by atoms with Crippen molar-refractivity contribution in [3.63, 3.8) is 0 Å². The number of carbonyl (C=O) groups excluding carboxylic acids is 1. The number of carbonyl (C=O) groups is 1. The fourth-order valence-corrected chi connectivity index (χ4v) is 7.08. The third-order valence-corrected chi connectivity index (χ3v) is 9.61. The average molecular weight is 624 g/mol. The highest BCUT2D eigenvalue weighted by atomic mass is 32.1. The van der Waals surface area contributed by atoms with Crippen LogP contribution in [0.25, 0.3) is 22.0 Å². The first kappa shape index (κ1) is 29.7. The van der Waals surface area contributed by atoms with Crippen LogP contribution in [0.1, 0.15) is 29.5 Å². The molecule has 1 aromatic heterocycles. The number of amides is 1. The minimum atomic E-state index is -0.848. The van der Waals surface area contributed by atoms with E-state index in [0.29, 0.717) is 22.4 Å². The summed E-state index contributed by atoms with van der Waals surface area (Å²) >= 11 is 0.482. The van der Waals surface area contributed by atoms with Gasteiger partial charge in [0, 0.05) is 27.6 Å². The van der Waals surface area contributed by atoms with Crippen LogP contribution in [-0.2, 0) is 26.2 Å². The van der Waals surface area contributed by atoms with Gasteiger partial charge in [-0.15, -0.1) is 0 Å². The van der Waals surface area contributed by atoms with E-state index < -0.39 is 5.54 Å². The molecule has 7 heteroatoms. The summed E-state index contributed by atoms with van der Waals surface area (Å²) in [6.07, 6.45) is 1.63. The Morgan fingerprint density at radius 2 is 1.30 bits per heavy atom. The second kappa shape index (κ2) is 12.8. The summed E-state index contributed by atoms with van der Waals surface area (Å²) < 4.78 is 13.7. The number of hydrogen-bond donors (Lipinski definition) is 1. The number of benzene rings is 5. The number of nitrogens with one attached hydrogen (secondary N) is 1. The fourth-order valence-electron chi connectivity index (χ4n) is 6.77. The summed E-state index contributed by atoms with van der Waals surface area (Å²) in [6, 6.07) is 45.2. The van der Waals surface area contributed by atoms with Crippen LogP contribution < -0.4 is 5.32 Å². The molecule has 0 spiro atoms. The van der Waals surface area contributed by atoms with Gasteiger partial charge in [0.05, 0.1) is 5.52 Å². The van der Waals surface area contributed by atoms with Crippen LogP contribution in [0.3, 0.4) is 0 Å². The Bertz CT molecular complexity index is 1890. The molecule has 1 aliphatic heterocycles. The zero-order valence-corrected chi connectivity index (χ0v) is 26.5. The van der Waals surface area contributed by atoms with Gasteiger partial charge in [-0.1, -0.05) is 109 Å². The van der Waals surface area contributed by atoms with Gasteiger partial charge in [0.25, 0.3) is 4.90 Å². The van der Waals surface area contributed by atoms with Crippen molar-refractivity contribution in [2.75, 3.05) is 25.5 Å². The molecule has 0 aliphatic carbocycles. The Morgan fingerprint density at radius 3 is 1.87 bits per heavy atom. The molecular weight excluding hydrogens is 589 g/mol. The Hall–Kier alpha value is -4.98. The molecule has 228 valence electrons. The maximum absolute atomic E-state index is 13.8. The Morgan fingerprint density at radius 1 is 0.739 bits per heavy atom. The van der Waals surface area contributed by atoms with Crippen molar-refractivity contribution in [3.8, 4) is 11.1 Å². The lowest BCUT2D eigenvalue weighted by atomic mass is 9.77. The molecule has 1 aliphatic rings. The highest BCUT2D eigenvalue weighted by Gasteiger charge is 2.41. The molecule has 1 saturated heterocycles.